The van der Waals surface area contributed by atoms with E-state index in [1.165, 1.54) is 6.26 Å². The third-order valence-electron chi connectivity index (χ3n) is 1.39. The molecule has 0 aromatic carbocycles. The van der Waals surface area contributed by atoms with Crippen LogP contribution in [-0.2, 0) is 10.0 Å². The van der Waals surface area contributed by atoms with Crippen LogP contribution in [0.3, 0.4) is 0 Å². The molecular formula is C7H18N2O2S. The predicted octanol–water partition coefficient (Wildman–Crippen LogP) is -0.0747. The molecule has 0 aromatic rings. The number of hydrogen-bond donors (Lipinski definition) is 2. The van der Waals surface area contributed by atoms with Crippen LogP contribution in [0, 0.1) is 0 Å². The minimum atomic E-state index is -2.99. The molecule has 4 nitrogen and oxygen atoms in total. The number of sulfonamides is 1. The molecule has 0 heterocycles. The number of rotatable bonds is 7. The van der Waals surface area contributed by atoms with Gasteiger partial charge in [0.2, 0.25) is 10.0 Å². The van der Waals surface area contributed by atoms with E-state index >= 15 is 0 Å². The van der Waals surface area contributed by atoms with E-state index in [1.807, 2.05) is 0 Å². The molecule has 0 spiro atoms. The Bertz CT molecular complexity index is 190. The normalized spacial score (nSPS) is 11.8. The Labute approximate surface area is 74.8 Å². The molecule has 0 rings (SSSR count). The number of unbranched alkanes of at least 4 members (excludes halogenated alkanes) is 1. The first kappa shape index (κ1) is 11.9. The highest BCUT2D eigenvalue weighted by molar-refractivity contribution is 7.88. The Kier molecular flexibility index (Phi) is 6.32. The second-order valence-electron chi connectivity index (χ2n) is 2.73. The van der Waals surface area contributed by atoms with Gasteiger partial charge in [-0.15, -0.1) is 0 Å². The SMILES string of the molecule is CCNCCCCNS(C)(=O)=O. The summed E-state index contributed by atoms with van der Waals surface area (Å²) in [6.45, 7) is 4.53. The van der Waals surface area contributed by atoms with E-state index < -0.39 is 10.0 Å². The van der Waals surface area contributed by atoms with Crippen LogP contribution < -0.4 is 10.0 Å². The van der Waals surface area contributed by atoms with Gasteiger partial charge in [-0.3, -0.25) is 0 Å². The largest absolute Gasteiger partial charge is 0.317 e. The van der Waals surface area contributed by atoms with Crippen molar-refractivity contribution in [3.8, 4) is 0 Å². The lowest BCUT2D eigenvalue weighted by molar-refractivity contribution is 0.578. The Hall–Kier alpha value is -0.130. The van der Waals surface area contributed by atoms with Gasteiger partial charge in [0.05, 0.1) is 6.26 Å². The highest BCUT2D eigenvalue weighted by Crippen LogP contribution is 1.85. The first-order valence-electron chi connectivity index (χ1n) is 4.21. The van der Waals surface area contributed by atoms with Gasteiger partial charge in [-0.1, -0.05) is 6.92 Å². The van der Waals surface area contributed by atoms with Crippen LogP contribution in [-0.4, -0.2) is 34.3 Å². The first-order valence-corrected chi connectivity index (χ1v) is 6.10. The van der Waals surface area contributed by atoms with E-state index in [9.17, 15) is 8.42 Å². The van der Waals surface area contributed by atoms with Crippen molar-refractivity contribution in [2.24, 2.45) is 0 Å². The molecule has 2 N–H and O–H groups in total. The standard InChI is InChI=1S/C7H18N2O2S/c1-3-8-6-4-5-7-9-12(2,10)11/h8-9H,3-7H2,1-2H3. The molecule has 0 aliphatic carbocycles. The highest BCUT2D eigenvalue weighted by atomic mass is 32.2. The summed E-state index contributed by atoms with van der Waals surface area (Å²) >= 11 is 0. The quantitative estimate of drug-likeness (QED) is 0.558. The third kappa shape index (κ3) is 9.87. The van der Waals surface area contributed by atoms with Gasteiger partial charge in [0, 0.05) is 6.54 Å². The lowest BCUT2D eigenvalue weighted by Crippen LogP contribution is -2.24. The van der Waals surface area contributed by atoms with Crippen molar-refractivity contribution in [1.29, 1.82) is 0 Å². The fourth-order valence-electron chi connectivity index (χ4n) is 0.809. The van der Waals surface area contributed by atoms with Gasteiger partial charge in [0.15, 0.2) is 0 Å². The molecule has 12 heavy (non-hydrogen) atoms. The van der Waals surface area contributed by atoms with Crippen molar-refractivity contribution in [1.82, 2.24) is 10.0 Å². The van der Waals surface area contributed by atoms with Gasteiger partial charge in [0.1, 0.15) is 0 Å². The monoisotopic (exact) mass is 194 g/mol. The van der Waals surface area contributed by atoms with E-state index in [0.717, 1.165) is 25.9 Å². The molecule has 74 valence electrons. The molecular weight excluding hydrogens is 176 g/mol. The highest BCUT2D eigenvalue weighted by Gasteiger charge is 1.97. The first-order chi connectivity index (χ1) is 5.56. The molecule has 5 heteroatoms. The van der Waals surface area contributed by atoms with Crippen LogP contribution in [0.5, 0.6) is 0 Å². The third-order valence-corrected chi connectivity index (χ3v) is 2.12. The average molecular weight is 194 g/mol. The van der Waals surface area contributed by atoms with Gasteiger partial charge >= 0.3 is 0 Å². The van der Waals surface area contributed by atoms with Crippen LogP contribution in [0.4, 0.5) is 0 Å². The zero-order chi connectivity index (χ0) is 9.45. The average Bonchev–Trinajstić information content (AvgIpc) is 1.94. The second kappa shape index (κ2) is 6.39. The zero-order valence-electron chi connectivity index (χ0n) is 7.76. The summed E-state index contributed by atoms with van der Waals surface area (Å²) in [6.07, 6.45) is 3.08. The Morgan fingerprint density at radius 2 is 1.75 bits per heavy atom. The molecule has 0 unspecified atom stereocenters. The summed E-state index contributed by atoms with van der Waals surface area (Å²) in [5.41, 5.74) is 0. The molecule has 0 amide bonds. The van der Waals surface area contributed by atoms with Crippen LogP contribution >= 0.6 is 0 Å². The lowest BCUT2D eigenvalue weighted by atomic mass is 10.3. The minimum absolute atomic E-state index is 0.546. The summed E-state index contributed by atoms with van der Waals surface area (Å²) in [7, 11) is -2.99. The fraction of sp³-hybridized carbons (Fsp3) is 1.00. The van der Waals surface area contributed by atoms with Crippen LogP contribution in [0.2, 0.25) is 0 Å². The molecule has 0 aliphatic rings. The summed E-state index contributed by atoms with van der Waals surface area (Å²) in [5.74, 6) is 0. The van der Waals surface area contributed by atoms with E-state index in [2.05, 4.69) is 17.0 Å². The molecule has 0 radical (unpaired) electrons. The van der Waals surface area contributed by atoms with Crippen molar-refractivity contribution in [2.45, 2.75) is 19.8 Å². The van der Waals surface area contributed by atoms with Crippen LogP contribution in [0.15, 0.2) is 0 Å². The van der Waals surface area contributed by atoms with Crippen molar-refractivity contribution < 1.29 is 8.42 Å². The maximum atomic E-state index is 10.6. The molecule has 0 atom stereocenters. The smallest absolute Gasteiger partial charge is 0.208 e. The van der Waals surface area contributed by atoms with Gasteiger partial charge in [-0.05, 0) is 25.9 Å². The van der Waals surface area contributed by atoms with Crippen LogP contribution in [0.1, 0.15) is 19.8 Å². The Morgan fingerprint density at radius 3 is 2.25 bits per heavy atom. The van der Waals surface area contributed by atoms with Gasteiger partial charge in [-0.25, -0.2) is 13.1 Å². The number of hydrogen-bond acceptors (Lipinski definition) is 3. The van der Waals surface area contributed by atoms with Gasteiger partial charge in [-0.2, -0.15) is 0 Å². The summed E-state index contributed by atoms with van der Waals surface area (Å²) < 4.78 is 23.6. The van der Waals surface area contributed by atoms with E-state index in [4.69, 9.17) is 0 Å². The lowest BCUT2D eigenvalue weighted by Gasteiger charge is -2.02. The predicted molar refractivity (Wildman–Crippen MR) is 50.6 cm³/mol. The van der Waals surface area contributed by atoms with E-state index in [0.29, 0.717) is 6.54 Å². The molecule has 0 bridgehead atoms. The van der Waals surface area contributed by atoms with E-state index in [1.54, 1.807) is 0 Å². The van der Waals surface area contributed by atoms with Crippen molar-refractivity contribution in [2.75, 3.05) is 25.9 Å². The summed E-state index contributed by atoms with van der Waals surface area (Å²) in [4.78, 5) is 0. The van der Waals surface area contributed by atoms with Gasteiger partial charge in [0.25, 0.3) is 0 Å². The minimum Gasteiger partial charge on any atom is -0.317 e. The summed E-state index contributed by atoms with van der Waals surface area (Å²) in [5, 5.41) is 3.17. The fourth-order valence-corrected chi connectivity index (χ4v) is 1.32. The molecule has 0 aromatic heterocycles. The van der Waals surface area contributed by atoms with Gasteiger partial charge < -0.3 is 5.32 Å². The molecule has 0 fully saturated rings. The van der Waals surface area contributed by atoms with Crippen LogP contribution in [0.25, 0.3) is 0 Å². The van der Waals surface area contributed by atoms with Crippen molar-refractivity contribution >= 4 is 10.0 Å². The number of nitrogens with one attached hydrogen (secondary N) is 2. The Balaban J connectivity index is 3.12. The summed E-state index contributed by atoms with van der Waals surface area (Å²) in [6, 6.07) is 0. The second-order valence-corrected chi connectivity index (χ2v) is 4.56. The Morgan fingerprint density at radius 1 is 1.17 bits per heavy atom. The van der Waals surface area contributed by atoms with Crippen molar-refractivity contribution in [3.05, 3.63) is 0 Å². The van der Waals surface area contributed by atoms with E-state index in [-0.39, 0.29) is 0 Å². The van der Waals surface area contributed by atoms with Crippen molar-refractivity contribution in [3.63, 3.8) is 0 Å². The molecule has 0 aliphatic heterocycles. The molecule has 0 saturated heterocycles. The maximum absolute atomic E-state index is 10.6. The zero-order valence-corrected chi connectivity index (χ0v) is 8.58. The molecule has 0 saturated carbocycles. The maximum Gasteiger partial charge on any atom is 0.208 e. The topological polar surface area (TPSA) is 58.2 Å².